The Kier molecular flexibility index (Phi) is 6.14. The van der Waals surface area contributed by atoms with E-state index in [1.54, 1.807) is 19.2 Å². The maximum absolute atomic E-state index is 11.6. The highest BCUT2D eigenvalue weighted by atomic mass is 16.5. The molecule has 1 amide bonds. The van der Waals surface area contributed by atoms with Crippen LogP contribution in [0.4, 0.5) is 5.69 Å². The van der Waals surface area contributed by atoms with E-state index in [0.29, 0.717) is 5.69 Å². The third-order valence-electron chi connectivity index (χ3n) is 3.31. The summed E-state index contributed by atoms with van der Waals surface area (Å²) < 4.78 is 9.57. The van der Waals surface area contributed by atoms with E-state index >= 15 is 0 Å². The molecule has 24 heavy (non-hydrogen) atoms. The van der Waals surface area contributed by atoms with E-state index < -0.39 is 11.9 Å². The predicted molar refractivity (Wildman–Crippen MR) is 93.6 cm³/mol. The Labute approximate surface area is 140 Å². The van der Waals surface area contributed by atoms with Gasteiger partial charge in [0, 0.05) is 5.69 Å². The molecule has 2 rings (SSSR count). The fourth-order valence-corrected chi connectivity index (χ4v) is 1.99. The zero-order chi connectivity index (χ0) is 17.4. The first-order valence-electron chi connectivity index (χ1n) is 7.39. The van der Waals surface area contributed by atoms with Crippen LogP contribution in [0.1, 0.15) is 17.5 Å². The molecule has 5 heteroatoms. The van der Waals surface area contributed by atoms with Crippen molar-refractivity contribution in [2.24, 2.45) is 0 Å². The highest BCUT2D eigenvalue weighted by molar-refractivity contribution is 6.01. The van der Waals surface area contributed by atoms with Crippen LogP contribution in [0.25, 0.3) is 12.2 Å². The minimum Gasteiger partial charge on any atom is -0.497 e. The number of carbonyl (C=O) groups excluding carboxylic acids is 2. The maximum atomic E-state index is 11.6. The smallest absolute Gasteiger partial charge is 0.315 e. The summed E-state index contributed by atoms with van der Waals surface area (Å²) in [7, 11) is 2.88. The van der Waals surface area contributed by atoms with Gasteiger partial charge in [-0.3, -0.25) is 9.59 Å². The molecule has 0 heterocycles. The van der Waals surface area contributed by atoms with Gasteiger partial charge in [0.25, 0.3) is 0 Å². The van der Waals surface area contributed by atoms with Crippen molar-refractivity contribution in [2.45, 2.75) is 6.42 Å². The Morgan fingerprint density at radius 2 is 1.46 bits per heavy atom. The molecule has 0 fully saturated rings. The summed E-state index contributed by atoms with van der Waals surface area (Å²) in [5.74, 6) is -0.144. The quantitative estimate of drug-likeness (QED) is 0.502. The molecule has 0 aliphatic rings. The lowest BCUT2D eigenvalue weighted by Crippen LogP contribution is -2.17. The Hall–Kier alpha value is -3.08. The van der Waals surface area contributed by atoms with Gasteiger partial charge in [-0.25, -0.2) is 0 Å². The fourth-order valence-electron chi connectivity index (χ4n) is 1.99. The first kappa shape index (κ1) is 17.3. The molecule has 0 spiro atoms. The molecule has 0 saturated heterocycles. The van der Waals surface area contributed by atoms with Crippen molar-refractivity contribution in [2.75, 3.05) is 19.5 Å². The number of nitrogens with one attached hydrogen (secondary N) is 1. The van der Waals surface area contributed by atoms with Gasteiger partial charge in [0.05, 0.1) is 14.2 Å². The number of benzene rings is 2. The Morgan fingerprint density at radius 3 is 1.96 bits per heavy atom. The Bertz CT molecular complexity index is 718. The summed E-state index contributed by atoms with van der Waals surface area (Å²) in [6.07, 6.45) is 3.67. The summed E-state index contributed by atoms with van der Waals surface area (Å²) in [6.45, 7) is 0. The van der Waals surface area contributed by atoms with Crippen LogP contribution in [0.3, 0.4) is 0 Å². The SMILES string of the molecule is COC(=O)CC(=O)Nc1ccc(/C=C/c2ccc(OC)cc2)cc1. The summed E-state index contributed by atoms with van der Waals surface area (Å²) in [5.41, 5.74) is 2.69. The van der Waals surface area contributed by atoms with Crippen molar-refractivity contribution < 1.29 is 19.1 Å². The number of carbonyl (C=O) groups is 2. The van der Waals surface area contributed by atoms with E-state index in [9.17, 15) is 9.59 Å². The summed E-state index contributed by atoms with van der Waals surface area (Å²) in [6, 6.07) is 15.1. The van der Waals surface area contributed by atoms with Crippen molar-refractivity contribution in [1.82, 2.24) is 0 Å². The second-order valence-electron chi connectivity index (χ2n) is 5.03. The number of esters is 1. The standard InChI is InChI=1S/C19H19NO4/c1-23-17-11-7-15(8-12-17)4-3-14-5-9-16(10-6-14)20-18(21)13-19(22)24-2/h3-12H,13H2,1-2H3,(H,20,21)/b4-3+. The van der Waals surface area contributed by atoms with E-state index in [2.05, 4.69) is 10.1 Å². The minimum absolute atomic E-state index is 0.296. The molecule has 0 aliphatic carbocycles. The molecule has 0 unspecified atom stereocenters. The second-order valence-corrected chi connectivity index (χ2v) is 5.03. The van der Waals surface area contributed by atoms with Gasteiger partial charge in [0.15, 0.2) is 0 Å². The van der Waals surface area contributed by atoms with Gasteiger partial charge in [-0.15, -0.1) is 0 Å². The van der Waals surface area contributed by atoms with Crippen LogP contribution in [0, 0.1) is 0 Å². The first-order chi connectivity index (χ1) is 11.6. The van der Waals surface area contributed by atoms with Crippen molar-refractivity contribution in [3.05, 3.63) is 59.7 Å². The number of methoxy groups -OCH3 is 2. The van der Waals surface area contributed by atoms with Crippen LogP contribution in [0.5, 0.6) is 5.75 Å². The normalized spacial score (nSPS) is 10.4. The van der Waals surface area contributed by atoms with E-state index in [0.717, 1.165) is 16.9 Å². The van der Waals surface area contributed by atoms with E-state index in [4.69, 9.17) is 4.74 Å². The lowest BCUT2D eigenvalue weighted by atomic mass is 10.1. The van der Waals surface area contributed by atoms with Crippen LogP contribution in [0.15, 0.2) is 48.5 Å². The lowest BCUT2D eigenvalue weighted by Gasteiger charge is -2.04. The van der Waals surface area contributed by atoms with Crippen LogP contribution in [0.2, 0.25) is 0 Å². The van der Waals surface area contributed by atoms with Gasteiger partial charge in [-0.05, 0) is 35.4 Å². The molecule has 0 aromatic heterocycles. The van der Waals surface area contributed by atoms with Gasteiger partial charge < -0.3 is 14.8 Å². The van der Waals surface area contributed by atoms with Crippen molar-refractivity contribution in [1.29, 1.82) is 0 Å². The maximum Gasteiger partial charge on any atom is 0.315 e. The molecule has 0 atom stereocenters. The lowest BCUT2D eigenvalue weighted by molar-refractivity contribution is -0.142. The molecule has 0 aliphatic heterocycles. The van der Waals surface area contributed by atoms with Crippen LogP contribution >= 0.6 is 0 Å². The van der Waals surface area contributed by atoms with Gasteiger partial charge in [0.2, 0.25) is 5.91 Å². The number of anilines is 1. The molecule has 5 nitrogen and oxygen atoms in total. The van der Waals surface area contributed by atoms with Crippen molar-refractivity contribution >= 4 is 29.7 Å². The molecular weight excluding hydrogens is 306 g/mol. The molecule has 1 N–H and O–H groups in total. The second kappa shape index (κ2) is 8.53. The van der Waals surface area contributed by atoms with Crippen LogP contribution < -0.4 is 10.1 Å². The third-order valence-corrected chi connectivity index (χ3v) is 3.31. The molecule has 0 bridgehead atoms. The number of ether oxygens (including phenoxy) is 2. The van der Waals surface area contributed by atoms with Gasteiger partial charge in [-0.2, -0.15) is 0 Å². The summed E-state index contributed by atoms with van der Waals surface area (Å²) >= 11 is 0. The topological polar surface area (TPSA) is 64.6 Å². The zero-order valence-corrected chi connectivity index (χ0v) is 13.6. The predicted octanol–water partition coefficient (Wildman–Crippen LogP) is 3.37. The largest absolute Gasteiger partial charge is 0.497 e. The number of amides is 1. The highest BCUT2D eigenvalue weighted by Crippen LogP contribution is 2.15. The zero-order valence-electron chi connectivity index (χ0n) is 13.6. The number of hydrogen-bond donors (Lipinski definition) is 1. The molecule has 2 aromatic rings. The van der Waals surface area contributed by atoms with Gasteiger partial charge in [0.1, 0.15) is 12.2 Å². The number of hydrogen-bond acceptors (Lipinski definition) is 4. The molecule has 0 radical (unpaired) electrons. The Balaban J connectivity index is 1.94. The van der Waals surface area contributed by atoms with Crippen LogP contribution in [-0.2, 0) is 14.3 Å². The number of rotatable bonds is 6. The van der Waals surface area contributed by atoms with E-state index in [-0.39, 0.29) is 6.42 Å². The fraction of sp³-hybridized carbons (Fsp3) is 0.158. The van der Waals surface area contributed by atoms with Crippen LogP contribution in [-0.4, -0.2) is 26.1 Å². The molecule has 2 aromatic carbocycles. The molecular formula is C19H19NO4. The van der Waals surface area contributed by atoms with Gasteiger partial charge in [-0.1, -0.05) is 36.4 Å². The first-order valence-corrected chi connectivity index (χ1v) is 7.39. The van der Waals surface area contributed by atoms with Crippen molar-refractivity contribution in [3.63, 3.8) is 0 Å². The average molecular weight is 325 g/mol. The molecule has 0 saturated carbocycles. The monoisotopic (exact) mass is 325 g/mol. The highest BCUT2D eigenvalue weighted by Gasteiger charge is 2.09. The van der Waals surface area contributed by atoms with Crippen molar-refractivity contribution in [3.8, 4) is 5.75 Å². The van der Waals surface area contributed by atoms with E-state index in [1.807, 2.05) is 48.6 Å². The summed E-state index contributed by atoms with van der Waals surface area (Å²) in [5, 5.41) is 2.64. The third kappa shape index (κ3) is 5.28. The average Bonchev–Trinajstić information content (AvgIpc) is 2.61. The Morgan fingerprint density at radius 1 is 0.917 bits per heavy atom. The summed E-state index contributed by atoms with van der Waals surface area (Å²) in [4.78, 5) is 22.6. The molecule has 124 valence electrons. The van der Waals surface area contributed by atoms with E-state index in [1.165, 1.54) is 7.11 Å². The van der Waals surface area contributed by atoms with Gasteiger partial charge >= 0.3 is 5.97 Å². The minimum atomic E-state index is -0.563.